The summed E-state index contributed by atoms with van der Waals surface area (Å²) in [4.78, 5) is 0. The summed E-state index contributed by atoms with van der Waals surface area (Å²) in [5, 5.41) is 7.67. The third kappa shape index (κ3) is 3.36. The van der Waals surface area contributed by atoms with Gasteiger partial charge >= 0.3 is 0 Å². The van der Waals surface area contributed by atoms with E-state index in [9.17, 15) is 0 Å². The Morgan fingerprint density at radius 3 is 2.52 bits per heavy atom. The molecule has 2 aliphatic heterocycles. The Morgan fingerprint density at radius 2 is 1.76 bits per heavy atom. The lowest BCUT2D eigenvalue weighted by atomic mass is 9.44. The van der Waals surface area contributed by atoms with Gasteiger partial charge in [-0.15, -0.1) is 0 Å². The molecule has 0 aromatic heterocycles. The predicted molar refractivity (Wildman–Crippen MR) is 135 cm³/mol. The largest absolute Gasteiger partial charge is 0.357 e. The maximum absolute atomic E-state index is 7.07. The second-order valence-corrected chi connectivity index (χ2v) is 14.0. The van der Waals surface area contributed by atoms with Crippen LogP contribution in [-0.2, 0) is 4.74 Å². The Morgan fingerprint density at radius 1 is 0.939 bits per heavy atom. The van der Waals surface area contributed by atoms with Crippen molar-refractivity contribution >= 4 is 0 Å². The number of ether oxygens (including phenoxy) is 1. The molecule has 188 valence electrons. The Hall–Kier alpha value is -0.160. The van der Waals surface area contributed by atoms with Gasteiger partial charge in [0.1, 0.15) is 5.72 Å². The highest BCUT2D eigenvalue weighted by Crippen LogP contribution is 2.71. The third-order valence-corrected chi connectivity index (χ3v) is 12.7. The standard InChI is InChI=1S/C29H51N3O/c1-18-7-12-29(32-17-18)19(2)26-25(33-29)16-24-22-6-5-20-15-21(31-14-13-30)8-10-27(20,3)23(22)9-11-28(24,26)4/h18-26,31-32H,5-17,30H2,1-4H3/t18-,19-,20-,21?,22+,23-,24-,25-,26-,27-,28-,29-/m0/s1. The van der Waals surface area contributed by atoms with E-state index in [0.29, 0.717) is 28.9 Å². The Labute approximate surface area is 202 Å². The summed E-state index contributed by atoms with van der Waals surface area (Å²) < 4.78 is 7.07. The normalized spacial score (nSPS) is 57.9. The first kappa shape index (κ1) is 23.3. The maximum Gasteiger partial charge on any atom is 0.122 e. The average Bonchev–Trinajstić information content (AvgIpc) is 3.24. The number of hydrogen-bond donors (Lipinski definition) is 3. The van der Waals surface area contributed by atoms with E-state index in [0.717, 1.165) is 55.1 Å². The summed E-state index contributed by atoms with van der Waals surface area (Å²) in [6, 6.07) is 0.707. The van der Waals surface area contributed by atoms with Gasteiger partial charge in [-0.05, 0) is 111 Å². The number of piperidine rings is 1. The van der Waals surface area contributed by atoms with E-state index in [4.69, 9.17) is 10.5 Å². The minimum atomic E-state index is -0.0226. The van der Waals surface area contributed by atoms with Gasteiger partial charge in [0.05, 0.1) is 6.10 Å². The summed E-state index contributed by atoms with van der Waals surface area (Å²) in [5.74, 6) is 5.89. The van der Waals surface area contributed by atoms with Crippen molar-refractivity contribution < 1.29 is 4.74 Å². The van der Waals surface area contributed by atoms with Gasteiger partial charge in [-0.1, -0.05) is 27.7 Å². The van der Waals surface area contributed by atoms with Crippen LogP contribution < -0.4 is 16.4 Å². The Kier molecular flexibility index (Phi) is 5.76. The van der Waals surface area contributed by atoms with Gasteiger partial charge in [0.2, 0.25) is 0 Å². The summed E-state index contributed by atoms with van der Waals surface area (Å²) in [7, 11) is 0. The topological polar surface area (TPSA) is 59.3 Å². The van der Waals surface area contributed by atoms with E-state index in [2.05, 4.69) is 38.3 Å². The molecule has 4 heteroatoms. The lowest BCUT2D eigenvalue weighted by molar-refractivity contribution is -0.134. The van der Waals surface area contributed by atoms with Crippen LogP contribution in [-0.4, -0.2) is 37.5 Å². The van der Waals surface area contributed by atoms with Gasteiger partial charge < -0.3 is 15.8 Å². The molecule has 1 spiro atoms. The van der Waals surface area contributed by atoms with E-state index >= 15 is 0 Å². The van der Waals surface area contributed by atoms with Gasteiger partial charge in [0.25, 0.3) is 0 Å². The summed E-state index contributed by atoms with van der Waals surface area (Å²) in [6.45, 7) is 13.2. The van der Waals surface area contributed by atoms with E-state index < -0.39 is 0 Å². The van der Waals surface area contributed by atoms with Gasteiger partial charge in [0, 0.05) is 31.6 Å². The Balaban J connectivity index is 1.19. The SMILES string of the molecule is C[C@H]1CC[C@]2(NC1)O[C@H]1C[C@H]3[C@@H]4CC[C@H]5CC(NCCN)CC[C@]5(C)[C@H]4CC[C@]3(C)[C@H]1[C@@H]2C. The van der Waals surface area contributed by atoms with Crippen molar-refractivity contribution in [3.8, 4) is 0 Å². The molecule has 0 aromatic carbocycles. The number of nitrogens with one attached hydrogen (secondary N) is 2. The zero-order chi connectivity index (χ0) is 23.0. The Bertz CT molecular complexity index is 734. The van der Waals surface area contributed by atoms with E-state index in [1.165, 1.54) is 64.2 Å². The minimum absolute atomic E-state index is 0.0226. The van der Waals surface area contributed by atoms with E-state index in [-0.39, 0.29) is 5.72 Å². The van der Waals surface area contributed by atoms with E-state index in [1.807, 2.05) is 0 Å². The van der Waals surface area contributed by atoms with Crippen LogP contribution in [0.2, 0.25) is 0 Å². The number of nitrogens with two attached hydrogens (primary N) is 1. The first-order valence-electron chi connectivity index (χ1n) is 14.7. The number of fused-ring (bicyclic) bond motifs is 7. The fraction of sp³-hybridized carbons (Fsp3) is 1.00. The van der Waals surface area contributed by atoms with Crippen LogP contribution in [0.5, 0.6) is 0 Å². The molecule has 4 saturated carbocycles. The van der Waals surface area contributed by atoms with Crippen molar-refractivity contribution in [3.63, 3.8) is 0 Å². The number of rotatable bonds is 3. The van der Waals surface area contributed by atoms with Crippen molar-refractivity contribution in [1.29, 1.82) is 0 Å². The molecule has 0 amide bonds. The van der Waals surface area contributed by atoms with Crippen LogP contribution in [0.25, 0.3) is 0 Å². The molecular formula is C29H51N3O. The molecule has 6 rings (SSSR count). The summed E-state index contributed by atoms with van der Waals surface area (Å²) >= 11 is 0. The summed E-state index contributed by atoms with van der Waals surface area (Å²) in [5.41, 5.74) is 6.81. The summed E-state index contributed by atoms with van der Waals surface area (Å²) in [6.07, 6.45) is 14.4. The van der Waals surface area contributed by atoms with Gasteiger partial charge in [-0.25, -0.2) is 0 Å². The molecule has 2 heterocycles. The first-order valence-corrected chi connectivity index (χ1v) is 14.7. The average molecular weight is 458 g/mol. The van der Waals surface area contributed by atoms with Crippen molar-refractivity contribution in [2.45, 2.75) is 110 Å². The maximum atomic E-state index is 7.07. The molecule has 12 atom stereocenters. The first-order chi connectivity index (χ1) is 15.8. The number of hydrogen-bond acceptors (Lipinski definition) is 4. The molecule has 33 heavy (non-hydrogen) atoms. The van der Waals surface area contributed by atoms with Crippen LogP contribution in [0.15, 0.2) is 0 Å². The molecular weight excluding hydrogens is 406 g/mol. The zero-order valence-corrected chi connectivity index (χ0v) is 21.9. The molecule has 6 fully saturated rings. The quantitative estimate of drug-likeness (QED) is 0.563. The second kappa shape index (κ2) is 8.18. The molecule has 0 bridgehead atoms. The van der Waals surface area contributed by atoms with Gasteiger partial charge in [-0.3, -0.25) is 5.32 Å². The van der Waals surface area contributed by atoms with Crippen LogP contribution in [0.1, 0.15) is 91.9 Å². The smallest absolute Gasteiger partial charge is 0.122 e. The van der Waals surface area contributed by atoms with E-state index in [1.54, 1.807) is 0 Å². The molecule has 1 unspecified atom stereocenters. The molecule has 0 aromatic rings. The van der Waals surface area contributed by atoms with Crippen molar-refractivity contribution in [1.82, 2.24) is 10.6 Å². The second-order valence-electron chi connectivity index (χ2n) is 14.0. The molecule has 6 aliphatic rings. The highest BCUT2D eigenvalue weighted by atomic mass is 16.5. The molecule has 4 N–H and O–H groups in total. The zero-order valence-electron chi connectivity index (χ0n) is 21.9. The fourth-order valence-corrected chi connectivity index (χ4v) is 10.9. The minimum Gasteiger partial charge on any atom is -0.357 e. The van der Waals surface area contributed by atoms with Crippen molar-refractivity contribution in [2.24, 2.45) is 58.0 Å². The molecule has 4 aliphatic carbocycles. The fourth-order valence-electron chi connectivity index (χ4n) is 10.9. The van der Waals surface area contributed by atoms with Crippen LogP contribution in [0, 0.1) is 52.3 Å². The van der Waals surface area contributed by atoms with Gasteiger partial charge in [-0.2, -0.15) is 0 Å². The van der Waals surface area contributed by atoms with Gasteiger partial charge in [0.15, 0.2) is 0 Å². The lowest BCUT2D eigenvalue weighted by Crippen LogP contribution is -2.58. The lowest BCUT2D eigenvalue weighted by Gasteiger charge is -2.61. The highest BCUT2D eigenvalue weighted by molar-refractivity contribution is 5.16. The van der Waals surface area contributed by atoms with Crippen LogP contribution in [0.3, 0.4) is 0 Å². The van der Waals surface area contributed by atoms with Crippen molar-refractivity contribution in [3.05, 3.63) is 0 Å². The van der Waals surface area contributed by atoms with Crippen LogP contribution >= 0.6 is 0 Å². The molecule has 2 saturated heterocycles. The molecule has 0 radical (unpaired) electrons. The monoisotopic (exact) mass is 457 g/mol. The third-order valence-electron chi connectivity index (χ3n) is 12.7. The molecule has 4 nitrogen and oxygen atoms in total. The van der Waals surface area contributed by atoms with Crippen molar-refractivity contribution in [2.75, 3.05) is 19.6 Å². The highest BCUT2D eigenvalue weighted by Gasteiger charge is 2.68. The van der Waals surface area contributed by atoms with Crippen LogP contribution in [0.4, 0.5) is 0 Å². The predicted octanol–water partition coefficient (Wildman–Crippen LogP) is 4.92.